The molecule has 0 spiro atoms. The molecule has 7 heteroatoms. The summed E-state index contributed by atoms with van der Waals surface area (Å²) >= 11 is 0. The van der Waals surface area contributed by atoms with Crippen LogP contribution < -0.4 is 5.32 Å². The zero-order valence-corrected chi connectivity index (χ0v) is 15.2. The third-order valence-corrected chi connectivity index (χ3v) is 4.37. The zero-order valence-electron chi connectivity index (χ0n) is 15.2. The average molecular weight is 339 g/mol. The third-order valence-electron chi connectivity index (χ3n) is 4.37. The first-order valence-electron chi connectivity index (χ1n) is 8.60. The Hall–Kier alpha value is -2.54. The number of nitrogens with zero attached hydrogens (tertiary/aromatic N) is 6. The Kier molecular flexibility index (Phi) is 5.23. The molecule has 2 atom stereocenters. The largest absolute Gasteiger partial charge is 0.310 e. The topological polar surface area (TPSA) is 73.5 Å². The van der Waals surface area contributed by atoms with E-state index < -0.39 is 0 Å². The van der Waals surface area contributed by atoms with Gasteiger partial charge in [-0.25, -0.2) is 4.68 Å². The SMILES string of the molecule is Cc1cc(C)n(C[C@H](C)CN[C@@H](C)c2ccc(-n3cnnn3)cc2)n1. The van der Waals surface area contributed by atoms with Gasteiger partial charge in [0.1, 0.15) is 6.33 Å². The van der Waals surface area contributed by atoms with Crippen molar-refractivity contribution in [2.45, 2.75) is 40.3 Å². The van der Waals surface area contributed by atoms with Gasteiger partial charge in [-0.2, -0.15) is 5.10 Å². The fourth-order valence-corrected chi connectivity index (χ4v) is 2.91. The molecule has 3 rings (SSSR count). The minimum Gasteiger partial charge on any atom is -0.310 e. The lowest BCUT2D eigenvalue weighted by molar-refractivity contribution is 0.398. The molecule has 0 aliphatic rings. The maximum atomic E-state index is 4.54. The summed E-state index contributed by atoms with van der Waals surface area (Å²) in [6.45, 7) is 10.4. The van der Waals surface area contributed by atoms with E-state index in [1.165, 1.54) is 11.3 Å². The highest BCUT2D eigenvalue weighted by Gasteiger charge is 2.10. The van der Waals surface area contributed by atoms with Crippen LogP contribution in [0.5, 0.6) is 0 Å². The monoisotopic (exact) mass is 339 g/mol. The number of nitrogens with one attached hydrogen (secondary N) is 1. The van der Waals surface area contributed by atoms with Crippen LogP contribution in [0.1, 0.15) is 36.8 Å². The molecule has 3 aromatic rings. The molecule has 0 aliphatic carbocycles. The number of hydrogen-bond acceptors (Lipinski definition) is 5. The lowest BCUT2D eigenvalue weighted by atomic mass is 10.1. The summed E-state index contributed by atoms with van der Waals surface area (Å²) < 4.78 is 3.74. The van der Waals surface area contributed by atoms with Gasteiger partial charge in [-0.15, -0.1) is 5.10 Å². The van der Waals surface area contributed by atoms with Crippen molar-refractivity contribution < 1.29 is 0 Å². The first-order valence-corrected chi connectivity index (χ1v) is 8.60. The lowest BCUT2D eigenvalue weighted by Gasteiger charge is -2.19. The highest BCUT2D eigenvalue weighted by atomic mass is 15.5. The molecule has 0 saturated heterocycles. The van der Waals surface area contributed by atoms with Crippen LogP contribution in [-0.4, -0.2) is 36.5 Å². The molecular formula is C18H25N7. The minimum absolute atomic E-state index is 0.283. The number of tetrazole rings is 1. The van der Waals surface area contributed by atoms with Crippen LogP contribution in [-0.2, 0) is 6.54 Å². The van der Waals surface area contributed by atoms with E-state index in [0.29, 0.717) is 5.92 Å². The highest BCUT2D eigenvalue weighted by molar-refractivity contribution is 5.34. The molecule has 7 nitrogen and oxygen atoms in total. The molecule has 0 amide bonds. The molecule has 0 bridgehead atoms. The number of aromatic nitrogens is 6. The van der Waals surface area contributed by atoms with Crippen LogP contribution in [0.25, 0.3) is 5.69 Å². The van der Waals surface area contributed by atoms with E-state index in [0.717, 1.165) is 24.5 Å². The second-order valence-electron chi connectivity index (χ2n) is 6.69. The summed E-state index contributed by atoms with van der Waals surface area (Å²) in [5, 5.41) is 19.4. The molecule has 0 saturated carbocycles. The van der Waals surface area contributed by atoms with Gasteiger partial charge < -0.3 is 5.32 Å². The molecule has 0 fully saturated rings. The van der Waals surface area contributed by atoms with E-state index in [2.05, 4.69) is 69.6 Å². The summed E-state index contributed by atoms with van der Waals surface area (Å²) in [5.74, 6) is 0.501. The van der Waals surface area contributed by atoms with Gasteiger partial charge in [-0.3, -0.25) is 4.68 Å². The molecule has 0 aliphatic heterocycles. The van der Waals surface area contributed by atoms with Gasteiger partial charge >= 0.3 is 0 Å². The second kappa shape index (κ2) is 7.57. The van der Waals surface area contributed by atoms with E-state index in [-0.39, 0.29) is 6.04 Å². The predicted molar refractivity (Wildman–Crippen MR) is 96.4 cm³/mol. The third kappa shape index (κ3) is 4.30. The van der Waals surface area contributed by atoms with Crippen LogP contribution in [0, 0.1) is 19.8 Å². The summed E-state index contributed by atoms with van der Waals surface area (Å²) in [5.41, 5.74) is 4.50. The Labute approximate surface area is 148 Å². The standard InChI is InChI=1S/C18H25N7/c1-13(11-24-15(3)9-14(2)21-24)10-19-16(4)17-5-7-18(8-6-17)25-12-20-22-23-25/h5-9,12-13,16,19H,10-11H2,1-4H3/t13-,16+/m1/s1. The van der Waals surface area contributed by atoms with Gasteiger partial charge in [0.25, 0.3) is 0 Å². The van der Waals surface area contributed by atoms with Crippen molar-refractivity contribution in [1.29, 1.82) is 0 Å². The van der Waals surface area contributed by atoms with Crippen LogP contribution in [0.3, 0.4) is 0 Å². The van der Waals surface area contributed by atoms with Crippen molar-refractivity contribution in [2.24, 2.45) is 5.92 Å². The number of rotatable bonds is 7. The molecule has 0 radical (unpaired) electrons. The molecule has 0 unspecified atom stereocenters. The molecule has 1 aromatic carbocycles. The summed E-state index contributed by atoms with van der Waals surface area (Å²) in [4.78, 5) is 0. The molecule has 1 N–H and O–H groups in total. The van der Waals surface area contributed by atoms with Gasteiger partial charge in [0, 0.05) is 24.8 Å². The Morgan fingerprint density at radius 2 is 1.88 bits per heavy atom. The van der Waals surface area contributed by atoms with Gasteiger partial charge in [0.05, 0.1) is 11.4 Å². The van der Waals surface area contributed by atoms with Crippen molar-refractivity contribution in [2.75, 3.05) is 6.54 Å². The van der Waals surface area contributed by atoms with Gasteiger partial charge in [0.15, 0.2) is 0 Å². The first-order chi connectivity index (χ1) is 12.0. The van der Waals surface area contributed by atoms with Crippen molar-refractivity contribution >= 4 is 0 Å². The van der Waals surface area contributed by atoms with Crippen LogP contribution in [0.2, 0.25) is 0 Å². The predicted octanol–water partition coefficient (Wildman–Crippen LogP) is 2.46. The smallest absolute Gasteiger partial charge is 0.143 e. The number of hydrogen-bond donors (Lipinski definition) is 1. The Morgan fingerprint density at radius 1 is 1.12 bits per heavy atom. The van der Waals surface area contributed by atoms with Gasteiger partial charge in [-0.05, 0) is 60.9 Å². The average Bonchev–Trinajstić information content (AvgIpc) is 3.23. The maximum absolute atomic E-state index is 4.54. The highest BCUT2D eigenvalue weighted by Crippen LogP contribution is 2.15. The number of aryl methyl sites for hydroxylation is 2. The summed E-state index contributed by atoms with van der Waals surface area (Å²) in [7, 11) is 0. The molecule has 25 heavy (non-hydrogen) atoms. The fraction of sp³-hybridized carbons (Fsp3) is 0.444. The lowest BCUT2D eigenvalue weighted by Crippen LogP contribution is -2.27. The zero-order chi connectivity index (χ0) is 17.8. The van der Waals surface area contributed by atoms with E-state index >= 15 is 0 Å². The molecular weight excluding hydrogens is 314 g/mol. The van der Waals surface area contributed by atoms with Crippen LogP contribution in [0.15, 0.2) is 36.7 Å². The summed E-state index contributed by atoms with van der Waals surface area (Å²) in [6.07, 6.45) is 1.59. The normalized spacial score (nSPS) is 13.8. The number of benzene rings is 1. The van der Waals surface area contributed by atoms with Crippen LogP contribution in [0.4, 0.5) is 0 Å². The minimum atomic E-state index is 0.283. The molecule has 2 heterocycles. The molecule has 2 aromatic heterocycles. The van der Waals surface area contributed by atoms with E-state index in [4.69, 9.17) is 0 Å². The van der Waals surface area contributed by atoms with Crippen LogP contribution >= 0.6 is 0 Å². The van der Waals surface area contributed by atoms with E-state index in [1.807, 2.05) is 19.1 Å². The second-order valence-corrected chi connectivity index (χ2v) is 6.69. The Balaban J connectivity index is 1.53. The van der Waals surface area contributed by atoms with Gasteiger partial charge in [-0.1, -0.05) is 19.1 Å². The van der Waals surface area contributed by atoms with Gasteiger partial charge in [0.2, 0.25) is 0 Å². The Bertz CT molecular complexity index is 789. The summed E-state index contributed by atoms with van der Waals surface area (Å²) in [6, 6.07) is 10.7. The van der Waals surface area contributed by atoms with E-state index in [9.17, 15) is 0 Å². The van der Waals surface area contributed by atoms with Crippen molar-refractivity contribution in [3.05, 3.63) is 53.6 Å². The van der Waals surface area contributed by atoms with Crippen molar-refractivity contribution in [1.82, 2.24) is 35.3 Å². The first kappa shape index (κ1) is 17.3. The fourth-order valence-electron chi connectivity index (χ4n) is 2.91. The quantitative estimate of drug-likeness (QED) is 0.716. The maximum Gasteiger partial charge on any atom is 0.143 e. The van der Waals surface area contributed by atoms with E-state index in [1.54, 1.807) is 11.0 Å². The Morgan fingerprint density at radius 3 is 2.48 bits per heavy atom. The van der Waals surface area contributed by atoms with Crippen molar-refractivity contribution in [3.8, 4) is 5.69 Å². The molecule has 132 valence electrons. The van der Waals surface area contributed by atoms with Crippen molar-refractivity contribution in [3.63, 3.8) is 0 Å².